The molecule has 0 bridgehead atoms. The average molecular weight is 367 g/mol. The molecule has 27 heavy (non-hydrogen) atoms. The summed E-state index contributed by atoms with van der Waals surface area (Å²) >= 11 is 1.48. The third-order valence-corrected chi connectivity index (χ3v) is 5.34. The zero-order chi connectivity index (χ0) is 17.8. The molecule has 0 unspecified atom stereocenters. The lowest BCUT2D eigenvalue weighted by molar-refractivity contribution is 0.620. The summed E-state index contributed by atoms with van der Waals surface area (Å²) in [6.45, 7) is 0. The van der Waals surface area contributed by atoms with E-state index >= 15 is 0 Å². The molecule has 0 amide bonds. The second-order valence-corrected chi connectivity index (χ2v) is 7.06. The van der Waals surface area contributed by atoms with Gasteiger partial charge in [0.25, 0.3) is 0 Å². The molecule has 0 fully saturated rings. The predicted octanol–water partition coefficient (Wildman–Crippen LogP) is 5.45. The monoisotopic (exact) mass is 367 g/mol. The van der Waals surface area contributed by atoms with Gasteiger partial charge in [-0.25, -0.2) is 15.0 Å². The Hall–Kier alpha value is -3.51. The molecule has 0 atom stereocenters. The molecule has 0 aliphatic carbocycles. The molecule has 127 valence electrons. The molecule has 0 aliphatic heterocycles. The van der Waals surface area contributed by atoms with Crippen LogP contribution in [0.15, 0.2) is 65.1 Å². The number of aromatic nitrogens is 4. The summed E-state index contributed by atoms with van der Waals surface area (Å²) < 4.78 is 7.08. The summed E-state index contributed by atoms with van der Waals surface area (Å²) in [6.07, 6.45) is 0. The van der Waals surface area contributed by atoms with Gasteiger partial charge in [0, 0.05) is 0 Å². The second-order valence-electron chi connectivity index (χ2n) is 6.23. The number of H-pyrrole nitrogens is 1. The smallest absolute Gasteiger partial charge is 0.228 e. The van der Waals surface area contributed by atoms with Crippen molar-refractivity contribution in [1.29, 1.82) is 0 Å². The summed E-state index contributed by atoms with van der Waals surface area (Å²) in [6, 6.07) is 19.8. The van der Waals surface area contributed by atoms with Crippen molar-refractivity contribution in [2.24, 2.45) is 0 Å². The lowest BCUT2D eigenvalue weighted by Gasteiger charge is -2.05. The van der Waals surface area contributed by atoms with Crippen LogP contribution in [-0.4, -0.2) is 19.9 Å². The standard InChI is InChI=1S/C21H11N4OS/c1-2-6-14-13(5-1)23-20(24-14)18-12(9-10-17-19(18)22-11-27-17)21-25-15-7-3-4-8-16(15)26-21/h1-10H,(H,23,24). The minimum atomic E-state index is 0.557. The minimum Gasteiger partial charge on any atom is -0.436 e. The van der Waals surface area contributed by atoms with Gasteiger partial charge in [0.05, 0.1) is 32.4 Å². The average Bonchev–Trinajstić information content (AvgIpc) is 3.43. The van der Waals surface area contributed by atoms with E-state index in [1.54, 1.807) is 0 Å². The highest BCUT2D eigenvalue weighted by molar-refractivity contribution is 7.16. The summed E-state index contributed by atoms with van der Waals surface area (Å²) in [5, 5.41) is 0. The summed E-state index contributed by atoms with van der Waals surface area (Å²) in [7, 11) is 0. The van der Waals surface area contributed by atoms with Crippen molar-refractivity contribution in [3.8, 4) is 22.8 Å². The molecule has 6 aromatic rings. The molecule has 1 N–H and O–H groups in total. The summed E-state index contributed by atoms with van der Waals surface area (Å²) in [5.41, 5.74) is 9.05. The number of aromatic amines is 1. The van der Waals surface area contributed by atoms with Crippen molar-refractivity contribution in [3.63, 3.8) is 0 Å². The zero-order valence-corrected chi connectivity index (χ0v) is 14.7. The van der Waals surface area contributed by atoms with Crippen LogP contribution in [0.2, 0.25) is 0 Å². The maximum absolute atomic E-state index is 6.03. The predicted molar refractivity (Wildman–Crippen MR) is 107 cm³/mol. The first-order valence-electron chi connectivity index (χ1n) is 8.47. The van der Waals surface area contributed by atoms with E-state index in [1.165, 1.54) is 11.3 Å². The van der Waals surface area contributed by atoms with E-state index in [0.717, 1.165) is 49.3 Å². The lowest BCUT2D eigenvalue weighted by Crippen LogP contribution is -1.89. The number of rotatable bonds is 2. The van der Waals surface area contributed by atoms with Gasteiger partial charge < -0.3 is 9.40 Å². The highest BCUT2D eigenvalue weighted by Crippen LogP contribution is 2.38. The lowest BCUT2D eigenvalue weighted by atomic mass is 10.1. The molecule has 0 aliphatic rings. The van der Waals surface area contributed by atoms with Crippen molar-refractivity contribution in [3.05, 3.63) is 66.2 Å². The third-order valence-electron chi connectivity index (χ3n) is 4.60. The highest BCUT2D eigenvalue weighted by Gasteiger charge is 2.20. The molecule has 3 heterocycles. The van der Waals surface area contributed by atoms with Gasteiger partial charge in [-0.3, -0.25) is 0 Å². The van der Waals surface area contributed by atoms with E-state index in [4.69, 9.17) is 9.40 Å². The topological polar surface area (TPSA) is 67.6 Å². The van der Waals surface area contributed by atoms with Crippen LogP contribution in [0.5, 0.6) is 0 Å². The van der Waals surface area contributed by atoms with E-state index in [0.29, 0.717) is 5.89 Å². The van der Waals surface area contributed by atoms with E-state index < -0.39 is 0 Å². The van der Waals surface area contributed by atoms with Gasteiger partial charge in [-0.1, -0.05) is 24.3 Å². The molecule has 0 saturated heterocycles. The molecular weight excluding hydrogens is 356 g/mol. The van der Waals surface area contributed by atoms with Crippen molar-refractivity contribution in [2.45, 2.75) is 0 Å². The Balaban J connectivity index is 1.68. The van der Waals surface area contributed by atoms with Gasteiger partial charge in [0.15, 0.2) is 11.1 Å². The van der Waals surface area contributed by atoms with Gasteiger partial charge >= 0.3 is 0 Å². The number of hydrogen-bond acceptors (Lipinski definition) is 5. The summed E-state index contributed by atoms with van der Waals surface area (Å²) in [5.74, 6) is 1.31. The van der Waals surface area contributed by atoms with Crippen molar-refractivity contribution < 1.29 is 4.42 Å². The van der Waals surface area contributed by atoms with E-state index in [9.17, 15) is 0 Å². The molecular formula is C21H11N4OS. The Bertz CT molecular complexity index is 1380. The number of fused-ring (bicyclic) bond motifs is 3. The van der Waals surface area contributed by atoms with E-state index in [2.05, 4.69) is 20.5 Å². The van der Waals surface area contributed by atoms with Crippen LogP contribution in [0, 0.1) is 5.51 Å². The van der Waals surface area contributed by atoms with Gasteiger partial charge in [0.1, 0.15) is 11.3 Å². The van der Waals surface area contributed by atoms with Gasteiger partial charge in [-0.05, 0) is 36.4 Å². The number of hydrogen-bond donors (Lipinski definition) is 1. The third kappa shape index (κ3) is 2.20. The number of benzene rings is 3. The first-order chi connectivity index (χ1) is 13.4. The Kier molecular flexibility index (Phi) is 2.98. The summed E-state index contributed by atoms with van der Waals surface area (Å²) in [4.78, 5) is 17.3. The molecule has 1 radical (unpaired) electrons. The molecule has 0 spiro atoms. The van der Waals surface area contributed by atoms with Crippen molar-refractivity contribution >= 4 is 43.7 Å². The Morgan fingerprint density at radius 3 is 2.63 bits per heavy atom. The Morgan fingerprint density at radius 2 is 1.74 bits per heavy atom. The molecule has 3 aromatic carbocycles. The fraction of sp³-hybridized carbons (Fsp3) is 0. The molecule has 3 aromatic heterocycles. The van der Waals surface area contributed by atoms with Gasteiger partial charge in [-0.15, -0.1) is 11.3 Å². The van der Waals surface area contributed by atoms with Crippen LogP contribution in [0.3, 0.4) is 0 Å². The van der Waals surface area contributed by atoms with Crippen LogP contribution >= 0.6 is 11.3 Å². The number of oxazole rings is 1. The molecule has 0 saturated carbocycles. The van der Waals surface area contributed by atoms with Gasteiger partial charge in [-0.2, -0.15) is 0 Å². The second kappa shape index (κ2) is 5.49. The largest absolute Gasteiger partial charge is 0.436 e. The first kappa shape index (κ1) is 14.6. The van der Waals surface area contributed by atoms with Crippen molar-refractivity contribution in [2.75, 3.05) is 0 Å². The first-order valence-corrected chi connectivity index (χ1v) is 9.29. The number of imidazole rings is 1. The fourth-order valence-corrected chi connectivity index (χ4v) is 3.98. The maximum atomic E-state index is 6.03. The Labute approximate surface area is 157 Å². The van der Waals surface area contributed by atoms with E-state index in [-0.39, 0.29) is 0 Å². The zero-order valence-electron chi connectivity index (χ0n) is 13.9. The van der Waals surface area contributed by atoms with Crippen LogP contribution in [0.4, 0.5) is 0 Å². The number of nitrogens with zero attached hydrogens (tertiary/aromatic N) is 3. The normalized spacial score (nSPS) is 11.7. The Morgan fingerprint density at radius 1 is 0.889 bits per heavy atom. The fourth-order valence-electron chi connectivity index (χ4n) is 3.36. The minimum absolute atomic E-state index is 0.557. The van der Waals surface area contributed by atoms with Crippen LogP contribution < -0.4 is 0 Å². The quantitative estimate of drug-likeness (QED) is 0.442. The number of para-hydroxylation sites is 4. The number of nitrogens with one attached hydrogen (secondary N) is 1. The van der Waals surface area contributed by atoms with Crippen molar-refractivity contribution in [1.82, 2.24) is 19.9 Å². The molecule has 5 nitrogen and oxygen atoms in total. The highest BCUT2D eigenvalue weighted by atomic mass is 32.1. The van der Waals surface area contributed by atoms with E-state index in [1.807, 2.05) is 60.7 Å². The van der Waals surface area contributed by atoms with Crippen LogP contribution in [0.1, 0.15) is 0 Å². The SMILES string of the molecule is [c]1nc2c(-c3nc4ccccc4[nH]3)c(-c3nc4ccccc4o3)ccc2s1. The van der Waals surface area contributed by atoms with Crippen LogP contribution in [-0.2, 0) is 0 Å². The molecule has 6 rings (SSSR count). The number of thiazole rings is 1. The van der Waals surface area contributed by atoms with Crippen LogP contribution in [0.25, 0.3) is 55.2 Å². The van der Waals surface area contributed by atoms with Gasteiger partial charge in [0.2, 0.25) is 5.89 Å². The maximum Gasteiger partial charge on any atom is 0.228 e. The molecule has 6 heteroatoms.